The second kappa shape index (κ2) is 4.66. The average Bonchev–Trinajstić information content (AvgIpc) is 2.13. The quantitative estimate of drug-likeness (QED) is 0.848. The highest BCUT2D eigenvalue weighted by Crippen LogP contribution is 2.23. The van der Waals surface area contributed by atoms with Gasteiger partial charge < -0.3 is 5.73 Å². The van der Waals surface area contributed by atoms with Gasteiger partial charge in [-0.25, -0.2) is 4.39 Å². The monoisotopic (exact) mass is 259 g/mol. The lowest BCUT2D eigenvalue weighted by molar-refractivity contribution is 0.0980. The number of benzene rings is 1. The number of halogens is 2. The molecule has 2 nitrogen and oxygen atoms in total. The normalized spacial score (nSPS) is 10.3. The highest BCUT2D eigenvalue weighted by Gasteiger charge is 2.16. The van der Waals surface area contributed by atoms with Gasteiger partial charge in [0, 0.05) is 10.9 Å². The van der Waals surface area contributed by atoms with Crippen molar-refractivity contribution in [2.24, 2.45) is 5.73 Å². The van der Waals surface area contributed by atoms with E-state index in [-0.39, 0.29) is 24.3 Å². The van der Waals surface area contributed by atoms with Gasteiger partial charge in [-0.3, -0.25) is 4.79 Å². The molecule has 0 spiro atoms. The summed E-state index contributed by atoms with van der Waals surface area (Å²) in [6, 6.07) is 3.29. The van der Waals surface area contributed by atoms with E-state index < -0.39 is 5.82 Å². The Hall–Kier alpha value is -0.740. The van der Waals surface area contributed by atoms with Gasteiger partial charge in [-0.15, -0.1) is 0 Å². The van der Waals surface area contributed by atoms with Crippen LogP contribution in [0.25, 0.3) is 0 Å². The maximum atomic E-state index is 13.5. The highest BCUT2D eigenvalue weighted by molar-refractivity contribution is 9.10. The van der Waals surface area contributed by atoms with Crippen molar-refractivity contribution in [3.8, 4) is 0 Å². The van der Waals surface area contributed by atoms with Gasteiger partial charge in [0.25, 0.3) is 0 Å². The average molecular weight is 260 g/mol. The standard InChI is InChI=1S/C10H11BrFNO/c1-6-2-3-7(11)9(10(6)12)8(14)4-5-13/h2-3H,4-5,13H2,1H3. The first-order valence-corrected chi connectivity index (χ1v) is 5.05. The number of aryl methyl sites for hydroxylation is 1. The van der Waals surface area contributed by atoms with Gasteiger partial charge in [0.2, 0.25) is 0 Å². The molecule has 1 rings (SSSR count). The summed E-state index contributed by atoms with van der Waals surface area (Å²) in [5, 5.41) is 0. The Morgan fingerprint density at radius 1 is 1.57 bits per heavy atom. The van der Waals surface area contributed by atoms with Crippen molar-refractivity contribution in [2.45, 2.75) is 13.3 Å². The molecule has 2 N–H and O–H groups in total. The van der Waals surface area contributed by atoms with Gasteiger partial charge in [-0.2, -0.15) is 0 Å². The second-order valence-corrected chi connectivity index (χ2v) is 3.87. The first-order valence-electron chi connectivity index (χ1n) is 4.25. The highest BCUT2D eigenvalue weighted by atomic mass is 79.9. The van der Waals surface area contributed by atoms with E-state index in [9.17, 15) is 9.18 Å². The zero-order valence-corrected chi connectivity index (χ0v) is 9.40. The third-order valence-electron chi connectivity index (χ3n) is 1.93. The first-order chi connectivity index (χ1) is 6.57. The molecule has 1 aromatic rings. The largest absolute Gasteiger partial charge is 0.330 e. The number of ketones is 1. The lowest BCUT2D eigenvalue weighted by Crippen LogP contribution is -2.11. The van der Waals surface area contributed by atoms with Gasteiger partial charge in [0.1, 0.15) is 5.82 Å². The minimum absolute atomic E-state index is 0.107. The fourth-order valence-electron chi connectivity index (χ4n) is 1.17. The topological polar surface area (TPSA) is 43.1 Å². The molecule has 0 saturated carbocycles. The molecule has 0 amide bonds. The molecule has 0 saturated heterocycles. The van der Waals surface area contributed by atoms with Crippen LogP contribution in [0, 0.1) is 12.7 Å². The second-order valence-electron chi connectivity index (χ2n) is 3.02. The van der Waals surface area contributed by atoms with Crippen LogP contribution in [-0.2, 0) is 0 Å². The van der Waals surface area contributed by atoms with Crippen LogP contribution in [0.4, 0.5) is 4.39 Å². The van der Waals surface area contributed by atoms with E-state index >= 15 is 0 Å². The number of carbonyl (C=O) groups excluding carboxylic acids is 1. The van der Waals surface area contributed by atoms with Crippen LogP contribution >= 0.6 is 15.9 Å². The molecule has 0 radical (unpaired) electrons. The van der Waals surface area contributed by atoms with Crippen LogP contribution in [0.15, 0.2) is 16.6 Å². The van der Waals surface area contributed by atoms with Gasteiger partial charge in [-0.1, -0.05) is 6.07 Å². The Balaban J connectivity index is 3.18. The zero-order valence-electron chi connectivity index (χ0n) is 7.81. The van der Waals surface area contributed by atoms with E-state index in [2.05, 4.69) is 15.9 Å². The van der Waals surface area contributed by atoms with Crippen molar-refractivity contribution < 1.29 is 9.18 Å². The van der Waals surface area contributed by atoms with E-state index in [0.717, 1.165) is 0 Å². The molecule has 4 heteroatoms. The molecule has 0 unspecified atom stereocenters. The third kappa shape index (κ3) is 2.19. The van der Waals surface area contributed by atoms with Crippen molar-refractivity contribution in [1.29, 1.82) is 0 Å². The molecule has 14 heavy (non-hydrogen) atoms. The summed E-state index contributed by atoms with van der Waals surface area (Å²) < 4.78 is 14.0. The predicted octanol–water partition coefficient (Wildman–Crippen LogP) is 2.43. The number of rotatable bonds is 3. The van der Waals surface area contributed by atoms with Gasteiger partial charge in [0.05, 0.1) is 5.56 Å². The Morgan fingerprint density at radius 2 is 2.21 bits per heavy atom. The molecule has 0 aliphatic carbocycles. The lowest BCUT2D eigenvalue weighted by atomic mass is 10.0. The first kappa shape index (κ1) is 11.3. The maximum absolute atomic E-state index is 13.5. The minimum atomic E-state index is -0.460. The summed E-state index contributed by atoms with van der Waals surface area (Å²) in [6.07, 6.45) is 0.166. The molecule has 76 valence electrons. The summed E-state index contributed by atoms with van der Waals surface area (Å²) in [5.41, 5.74) is 5.82. The summed E-state index contributed by atoms with van der Waals surface area (Å²) in [5.74, 6) is -0.724. The molecule has 0 heterocycles. The molecule has 0 aliphatic heterocycles. The lowest BCUT2D eigenvalue weighted by Gasteiger charge is -2.06. The number of carbonyl (C=O) groups is 1. The van der Waals surface area contributed by atoms with Crippen LogP contribution in [0.3, 0.4) is 0 Å². The third-order valence-corrected chi connectivity index (χ3v) is 2.60. The molecular weight excluding hydrogens is 249 g/mol. The van der Waals surface area contributed by atoms with E-state index in [4.69, 9.17) is 5.73 Å². The smallest absolute Gasteiger partial charge is 0.168 e. The summed E-state index contributed by atoms with van der Waals surface area (Å²) in [4.78, 5) is 11.5. The van der Waals surface area contributed by atoms with Gasteiger partial charge in [0.15, 0.2) is 5.78 Å². The molecular formula is C10H11BrFNO. The van der Waals surface area contributed by atoms with Crippen LogP contribution < -0.4 is 5.73 Å². The summed E-state index contributed by atoms with van der Waals surface area (Å²) in [7, 11) is 0. The summed E-state index contributed by atoms with van der Waals surface area (Å²) >= 11 is 3.15. The number of hydrogen-bond donors (Lipinski definition) is 1. The molecule has 0 bridgehead atoms. The van der Waals surface area contributed by atoms with Crippen LogP contribution in [0.2, 0.25) is 0 Å². The van der Waals surface area contributed by atoms with E-state index in [1.165, 1.54) is 0 Å². The molecule has 0 atom stereocenters. The van der Waals surface area contributed by atoms with Crippen LogP contribution in [-0.4, -0.2) is 12.3 Å². The fraction of sp³-hybridized carbons (Fsp3) is 0.300. The Kier molecular flexibility index (Phi) is 3.77. The van der Waals surface area contributed by atoms with Crippen molar-refractivity contribution in [1.82, 2.24) is 0 Å². The molecule has 0 aliphatic rings. The fourth-order valence-corrected chi connectivity index (χ4v) is 1.70. The van der Waals surface area contributed by atoms with E-state index in [1.54, 1.807) is 19.1 Å². The zero-order chi connectivity index (χ0) is 10.7. The summed E-state index contributed by atoms with van der Waals surface area (Å²) in [6.45, 7) is 1.86. The van der Waals surface area contributed by atoms with E-state index in [0.29, 0.717) is 10.0 Å². The predicted molar refractivity (Wildman–Crippen MR) is 56.8 cm³/mol. The SMILES string of the molecule is Cc1ccc(Br)c(C(=O)CCN)c1F. The van der Waals surface area contributed by atoms with Gasteiger partial charge >= 0.3 is 0 Å². The van der Waals surface area contributed by atoms with Crippen molar-refractivity contribution >= 4 is 21.7 Å². The van der Waals surface area contributed by atoms with Gasteiger partial charge in [-0.05, 0) is 41.0 Å². The van der Waals surface area contributed by atoms with Crippen LogP contribution in [0.5, 0.6) is 0 Å². The van der Waals surface area contributed by atoms with Crippen molar-refractivity contribution in [3.63, 3.8) is 0 Å². The number of Topliss-reactive ketones (excluding diaryl/α,β-unsaturated/α-hetero) is 1. The Labute approximate surface area is 90.4 Å². The number of nitrogens with two attached hydrogens (primary N) is 1. The van der Waals surface area contributed by atoms with E-state index in [1.807, 2.05) is 0 Å². The Bertz CT molecular complexity index is 365. The van der Waals surface area contributed by atoms with Crippen molar-refractivity contribution in [2.75, 3.05) is 6.54 Å². The number of hydrogen-bond acceptors (Lipinski definition) is 2. The molecule has 1 aromatic carbocycles. The Morgan fingerprint density at radius 3 is 2.79 bits per heavy atom. The minimum Gasteiger partial charge on any atom is -0.330 e. The molecule has 0 aromatic heterocycles. The van der Waals surface area contributed by atoms with Crippen LogP contribution in [0.1, 0.15) is 22.3 Å². The van der Waals surface area contributed by atoms with Crippen molar-refractivity contribution in [3.05, 3.63) is 33.5 Å². The maximum Gasteiger partial charge on any atom is 0.168 e. The molecule has 0 fully saturated rings.